The molecule has 1 heterocycles. The summed E-state index contributed by atoms with van der Waals surface area (Å²) in [6.07, 6.45) is 9.55. The smallest absolute Gasteiger partial charge is 0.191 e. The summed E-state index contributed by atoms with van der Waals surface area (Å²) in [5.74, 6) is 1.65. The number of nitrogens with zero attached hydrogens (tertiary/aromatic N) is 3. The van der Waals surface area contributed by atoms with E-state index in [2.05, 4.69) is 39.6 Å². The van der Waals surface area contributed by atoms with Gasteiger partial charge in [-0.25, -0.2) is 4.98 Å². The lowest BCUT2D eigenvalue weighted by Crippen LogP contribution is -2.48. The Kier molecular flexibility index (Phi) is 11.5. The number of hydrogen-bond acceptors (Lipinski definition) is 3. The van der Waals surface area contributed by atoms with Crippen molar-refractivity contribution in [1.82, 2.24) is 20.5 Å². The molecular weight excluding hydrogens is 461 g/mol. The van der Waals surface area contributed by atoms with E-state index in [0.29, 0.717) is 11.2 Å². The van der Waals surface area contributed by atoms with Crippen LogP contribution >= 0.6 is 35.6 Å². The van der Waals surface area contributed by atoms with Crippen LogP contribution < -0.4 is 10.6 Å². The van der Waals surface area contributed by atoms with E-state index in [4.69, 9.17) is 11.6 Å². The second kappa shape index (κ2) is 12.7. The van der Waals surface area contributed by atoms with Crippen LogP contribution in [0, 0.1) is 5.92 Å². The van der Waals surface area contributed by atoms with Gasteiger partial charge in [0.2, 0.25) is 0 Å². The Bertz CT molecular complexity index is 529. The molecule has 1 aromatic heterocycles. The van der Waals surface area contributed by atoms with Gasteiger partial charge in [-0.15, -0.1) is 24.0 Å². The Morgan fingerprint density at radius 3 is 2.58 bits per heavy atom. The Hall–Kier alpha value is -0.600. The first-order chi connectivity index (χ1) is 12.1. The molecule has 1 aliphatic rings. The lowest BCUT2D eigenvalue weighted by Gasteiger charge is -2.35. The zero-order chi connectivity index (χ0) is 18.1. The van der Waals surface area contributed by atoms with Crippen molar-refractivity contribution in [2.45, 2.75) is 44.6 Å². The van der Waals surface area contributed by atoms with E-state index in [0.717, 1.165) is 31.4 Å². The van der Waals surface area contributed by atoms with Crippen molar-refractivity contribution in [3.63, 3.8) is 0 Å². The van der Waals surface area contributed by atoms with Gasteiger partial charge in [-0.1, -0.05) is 36.9 Å². The standard InChI is InChI=1S/C19H32ClN5.HI/c1-21-19(22-12-11-15-9-10-18(20)23-13-15)24-14-17(25(2)3)16-7-5-4-6-8-16;/h9-10,13,16-17H,4-8,11-12,14H2,1-3H3,(H2,21,22,24);1H. The third-order valence-electron chi connectivity index (χ3n) is 5.05. The number of pyridine rings is 1. The maximum Gasteiger partial charge on any atom is 0.191 e. The molecule has 0 amide bonds. The molecule has 1 saturated carbocycles. The first-order valence-corrected chi connectivity index (χ1v) is 9.69. The second-order valence-corrected chi connectivity index (χ2v) is 7.44. The molecule has 0 spiro atoms. The molecule has 0 saturated heterocycles. The highest BCUT2D eigenvalue weighted by Gasteiger charge is 2.25. The van der Waals surface area contributed by atoms with Gasteiger partial charge in [0.05, 0.1) is 0 Å². The third-order valence-corrected chi connectivity index (χ3v) is 5.28. The second-order valence-electron chi connectivity index (χ2n) is 7.05. The average molecular weight is 494 g/mol. The van der Waals surface area contributed by atoms with Crippen molar-refractivity contribution >= 4 is 41.5 Å². The highest BCUT2D eigenvalue weighted by Crippen LogP contribution is 2.28. The molecule has 26 heavy (non-hydrogen) atoms. The molecule has 1 atom stereocenters. The molecular formula is C19H33ClIN5. The number of aliphatic imine (C=N–C) groups is 1. The van der Waals surface area contributed by atoms with Crippen LogP contribution in [-0.4, -0.2) is 56.1 Å². The molecule has 2 rings (SSSR count). The highest BCUT2D eigenvalue weighted by molar-refractivity contribution is 14.0. The van der Waals surface area contributed by atoms with E-state index in [9.17, 15) is 0 Å². The molecule has 1 unspecified atom stereocenters. The number of likely N-dealkylation sites (N-methyl/N-ethyl adjacent to an activating group) is 1. The van der Waals surface area contributed by atoms with Crippen LogP contribution in [0.3, 0.4) is 0 Å². The largest absolute Gasteiger partial charge is 0.356 e. The number of rotatable bonds is 7. The van der Waals surface area contributed by atoms with Crippen LogP contribution in [0.1, 0.15) is 37.7 Å². The van der Waals surface area contributed by atoms with Crippen molar-refractivity contribution in [3.05, 3.63) is 29.0 Å². The molecule has 0 aromatic carbocycles. The minimum absolute atomic E-state index is 0. The van der Waals surface area contributed by atoms with Crippen LogP contribution in [0.25, 0.3) is 0 Å². The lowest BCUT2D eigenvalue weighted by molar-refractivity contribution is 0.171. The summed E-state index contributed by atoms with van der Waals surface area (Å²) in [6.45, 7) is 1.75. The first kappa shape index (κ1) is 23.4. The maximum atomic E-state index is 5.82. The molecule has 0 radical (unpaired) electrons. The normalized spacial score (nSPS) is 16.9. The van der Waals surface area contributed by atoms with Crippen LogP contribution in [0.5, 0.6) is 0 Å². The van der Waals surface area contributed by atoms with Crippen LogP contribution in [0.4, 0.5) is 0 Å². The van der Waals surface area contributed by atoms with E-state index < -0.39 is 0 Å². The van der Waals surface area contributed by atoms with Gasteiger partial charge in [0, 0.05) is 32.4 Å². The minimum atomic E-state index is 0. The molecule has 148 valence electrons. The number of nitrogens with one attached hydrogen (secondary N) is 2. The molecule has 1 fully saturated rings. The monoisotopic (exact) mass is 493 g/mol. The van der Waals surface area contributed by atoms with E-state index >= 15 is 0 Å². The third kappa shape index (κ3) is 7.96. The van der Waals surface area contributed by atoms with Crippen LogP contribution in [-0.2, 0) is 6.42 Å². The predicted molar refractivity (Wildman–Crippen MR) is 122 cm³/mol. The van der Waals surface area contributed by atoms with Crippen molar-refractivity contribution in [2.75, 3.05) is 34.2 Å². The van der Waals surface area contributed by atoms with Crippen LogP contribution in [0.2, 0.25) is 5.15 Å². The maximum absolute atomic E-state index is 5.82. The number of hydrogen-bond donors (Lipinski definition) is 2. The Balaban J connectivity index is 0.00000338. The van der Waals surface area contributed by atoms with E-state index in [1.165, 1.54) is 37.7 Å². The molecule has 2 N–H and O–H groups in total. The van der Waals surface area contributed by atoms with Gasteiger partial charge in [-0.3, -0.25) is 4.99 Å². The zero-order valence-corrected chi connectivity index (χ0v) is 19.3. The highest BCUT2D eigenvalue weighted by atomic mass is 127. The summed E-state index contributed by atoms with van der Waals surface area (Å²) in [4.78, 5) is 10.8. The van der Waals surface area contributed by atoms with Crippen molar-refractivity contribution < 1.29 is 0 Å². The number of guanidine groups is 1. The minimum Gasteiger partial charge on any atom is -0.356 e. The van der Waals surface area contributed by atoms with Gasteiger partial charge in [-0.05, 0) is 50.9 Å². The topological polar surface area (TPSA) is 52.6 Å². The number of aromatic nitrogens is 1. The first-order valence-electron chi connectivity index (χ1n) is 9.31. The van der Waals surface area contributed by atoms with E-state index in [-0.39, 0.29) is 24.0 Å². The van der Waals surface area contributed by atoms with Gasteiger partial charge in [0.1, 0.15) is 5.15 Å². The summed E-state index contributed by atoms with van der Waals surface area (Å²) < 4.78 is 0. The molecule has 0 aliphatic heterocycles. The molecule has 1 aromatic rings. The van der Waals surface area contributed by atoms with Crippen molar-refractivity contribution in [3.8, 4) is 0 Å². The molecule has 7 heteroatoms. The molecule has 1 aliphatic carbocycles. The fourth-order valence-corrected chi connectivity index (χ4v) is 3.70. The summed E-state index contributed by atoms with van der Waals surface area (Å²) >= 11 is 5.82. The Labute approximate surface area is 180 Å². The summed E-state index contributed by atoms with van der Waals surface area (Å²) in [7, 11) is 6.19. The van der Waals surface area contributed by atoms with Gasteiger partial charge in [0.15, 0.2) is 5.96 Å². The average Bonchev–Trinajstić information content (AvgIpc) is 2.62. The van der Waals surface area contributed by atoms with Gasteiger partial charge in [-0.2, -0.15) is 0 Å². The van der Waals surface area contributed by atoms with E-state index in [1.807, 2.05) is 25.4 Å². The summed E-state index contributed by atoms with van der Waals surface area (Å²) in [6, 6.07) is 4.40. The lowest BCUT2D eigenvalue weighted by atomic mass is 9.83. The fraction of sp³-hybridized carbons (Fsp3) is 0.684. The zero-order valence-electron chi connectivity index (χ0n) is 16.2. The Morgan fingerprint density at radius 1 is 1.27 bits per heavy atom. The SMILES string of the molecule is CN=C(NCCc1ccc(Cl)nc1)NCC(C1CCCCC1)N(C)C.I. The van der Waals surface area contributed by atoms with E-state index in [1.54, 1.807) is 0 Å². The Morgan fingerprint density at radius 2 is 2.00 bits per heavy atom. The van der Waals surface area contributed by atoms with Gasteiger partial charge in [0.25, 0.3) is 0 Å². The predicted octanol–water partition coefficient (Wildman–Crippen LogP) is 3.57. The quantitative estimate of drug-likeness (QED) is 0.264. The van der Waals surface area contributed by atoms with Crippen molar-refractivity contribution in [2.24, 2.45) is 10.9 Å². The number of halogens is 2. The summed E-state index contributed by atoms with van der Waals surface area (Å²) in [5.41, 5.74) is 1.17. The van der Waals surface area contributed by atoms with Gasteiger partial charge < -0.3 is 15.5 Å². The summed E-state index contributed by atoms with van der Waals surface area (Å²) in [5, 5.41) is 7.43. The molecule has 5 nitrogen and oxygen atoms in total. The van der Waals surface area contributed by atoms with Crippen molar-refractivity contribution in [1.29, 1.82) is 0 Å². The van der Waals surface area contributed by atoms with Gasteiger partial charge >= 0.3 is 0 Å². The fourth-order valence-electron chi connectivity index (χ4n) is 3.59. The van der Waals surface area contributed by atoms with Crippen LogP contribution in [0.15, 0.2) is 23.3 Å². The molecule has 0 bridgehead atoms.